The van der Waals surface area contributed by atoms with Crippen molar-refractivity contribution < 1.29 is 19.1 Å². The van der Waals surface area contributed by atoms with Crippen LogP contribution in [-0.4, -0.2) is 31.7 Å². The number of fused-ring (bicyclic) bond motifs is 2. The van der Waals surface area contributed by atoms with Gasteiger partial charge in [0, 0.05) is 51.5 Å². The average Bonchev–Trinajstić information content (AvgIpc) is 3.55. The Hall–Kier alpha value is -4.17. The first-order valence-corrected chi connectivity index (χ1v) is 11.7. The Morgan fingerprint density at radius 3 is 2.83 bits per heavy atom. The van der Waals surface area contributed by atoms with Gasteiger partial charge in [0.15, 0.2) is 11.5 Å². The lowest BCUT2D eigenvalue weighted by Crippen LogP contribution is -2.30. The van der Waals surface area contributed by atoms with E-state index in [0.29, 0.717) is 11.1 Å². The van der Waals surface area contributed by atoms with E-state index in [9.17, 15) is 14.7 Å². The van der Waals surface area contributed by atoms with Crippen molar-refractivity contribution in [2.75, 3.05) is 0 Å². The molecule has 1 unspecified atom stereocenters. The number of benzene rings is 2. The minimum Gasteiger partial charge on any atom is -0.503 e. The quantitative estimate of drug-likeness (QED) is 0.279. The minimum atomic E-state index is -0.814. The van der Waals surface area contributed by atoms with E-state index in [0.717, 1.165) is 26.3 Å². The third-order valence-corrected chi connectivity index (χ3v) is 6.74. The van der Waals surface area contributed by atoms with Crippen molar-refractivity contribution in [2.24, 2.45) is 0 Å². The highest BCUT2D eigenvalue weighted by Gasteiger charge is 2.45. The number of hydrogen-bond donors (Lipinski definition) is 2. The van der Waals surface area contributed by atoms with Gasteiger partial charge in [-0.05, 0) is 42.0 Å². The van der Waals surface area contributed by atoms with E-state index in [1.165, 1.54) is 4.90 Å². The van der Waals surface area contributed by atoms with Crippen LogP contribution in [0, 0.1) is 0 Å². The predicted octanol–water partition coefficient (Wildman–Crippen LogP) is 5.85. The van der Waals surface area contributed by atoms with Crippen molar-refractivity contribution in [3.05, 3.63) is 112 Å². The maximum absolute atomic E-state index is 13.8. The molecule has 1 amide bonds. The Bertz CT molecular complexity index is 1650. The monoisotopic (exact) mass is 527 g/mol. The molecule has 1 aliphatic rings. The molecule has 3 aromatic heterocycles. The van der Waals surface area contributed by atoms with Crippen LogP contribution in [-0.2, 0) is 11.3 Å². The number of halogens is 1. The van der Waals surface area contributed by atoms with Gasteiger partial charge in [-0.1, -0.05) is 40.2 Å². The van der Waals surface area contributed by atoms with Crippen molar-refractivity contribution in [3.8, 4) is 0 Å². The van der Waals surface area contributed by atoms with E-state index in [1.54, 1.807) is 36.8 Å². The van der Waals surface area contributed by atoms with E-state index in [2.05, 4.69) is 25.9 Å². The SMILES string of the molecule is O=C(C1=C(O)C(=O)N(Cc2cccnc2)C1c1c[nH]c2ccccc12)c1cc2cc(Br)ccc2o1. The molecular weight excluding hydrogens is 510 g/mol. The molecule has 0 fully saturated rings. The third kappa shape index (κ3) is 3.54. The number of nitrogens with zero attached hydrogens (tertiary/aromatic N) is 2. The van der Waals surface area contributed by atoms with Gasteiger partial charge in [-0.2, -0.15) is 0 Å². The number of aromatic nitrogens is 2. The molecular formula is C27H18BrN3O4. The number of hydrogen-bond acceptors (Lipinski definition) is 5. The van der Waals surface area contributed by atoms with Crippen LogP contribution in [0.1, 0.15) is 27.7 Å². The number of H-pyrrole nitrogens is 1. The number of Topliss-reactive ketones (excluding diaryl/α,β-unsaturated/α-hetero) is 1. The molecule has 0 saturated heterocycles. The molecule has 172 valence electrons. The molecule has 5 aromatic rings. The number of carbonyl (C=O) groups is 2. The first-order chi connectivity index (χ1) is 17.0. The molecule has 4 heterocycles. The number of para-hydroxylation sites is 1. The number of aliphatic hydroxyl groups excluding tert-OH is 1. The van der Waals surface area contributed by atoms with E-state index in [-0.39, 0.29) is 17.9 Å². The maximum atomic E-state index is 13.8. The molecule has 7 nitrogen and oxygen atoms in total. The van der Waals surface area contributed by atoms with Crippen molar-refractivity contribution in [1.82, 2.24) is 14.9 Å². The number of rotatable bonds is 5. The molecule has 2 N–H and O–H groups in total. The maximum Gasteiger partial charge on any atom is 0.290 e. The van der Waals surface area contributed by atoms with Crippen LogP contribution >= 0.6 is 15.9 Å². The molecule has 1 atom stereocenters. The van der Waals surface area contributed by atoms with E-state index in [4.69, 9.17) is 4.42 Å². The van der Waals surface area contributed by atoms with Crippen LogP contribution in [0.4, 0.5) is 0 Å². The fraction of sp³-hybridized carbons (Fsp3) is 0.0741. The number of ketones is 1. The molecule has 0 bridgehead atoms. The second-order valence-electron chi connectivity index (χ2n) is 8.37. The highest BCUT2D eigenvalue weighted by atomic mass is 79.9. The third-order valence-electron chi connectivity index (χ3n) is 6.24. The summed E-state index contributed by atoms with van der Waals surface area (Å²) in [4.78, 5) is 35.9. The molecule has 0 aliphatic carbocycles. The molecule has 35 heavy (non-hydrogen) atoms. The lowest BCUT2D eigenvalue weighted by atomic mass is 9.94. The normalized spacial score (nSPS) is 16.1. The summed E-state index contributed by atoms with van der Waals surface area (Å²) in [6.07, 6.45) is 5.09. The summed E-state index contributed by atoms with van der Waals surface area (Å²) in [6, 6.07) is 17.5. The van der Waals surface area contributed by atoms with Crippen molar-refractivity contribution in [3.63, 3.8) is 0 Å². The Kier molecular flexibility index (Phi) is 5.04. The predicted molar refractivity (Wildman–Crippen MR) is 134 cm³/mol. The van der Waals surface area contributed by atoms with E-state index >= 15 is 0 Å². The first-order valence-electron chi connectivity index (χ1n) is 10.9. The summed E-state index contributed by atoms with van der Waals surface area (Å²) in [5.74, 6) is -1.67. The highest BCUT2D eigenvalue weighted by Crippen LogP contribution is 2.42. The topological polar surface area (TPSA) is 99.4 Å². The van der Waals surface area contributed by atoms with Gasteiger partial charge in [-0.15, -0.1) is 0 Å². The van der Waals surface area contributed by atoms with Gasteiger partial charge < -0.3 is 19.4 Å². The van der Waals surface area contributed by atoms with Crippen LogP contribution in [0.3, 0.4) is 0 Å². The largest absolute Gasteiger partial charge is 0.503 e. The van der Waals surface area contributed by atoms with Gasteiger partial charge in [-0.25, -0.2) is 0 Å². The van der Waals surface area contributed by atoms with Crippen LogP contribution in [0.25, 0.3) is 21.9 Å². The molecule has 0 radical (unpaired) electrons. The first kappa shape index (κ1) is 21.4. The van der Waals surface area contributed by atoms with Crippen molar-refractivity contribution in [1.29, 1.82) is 0 Å². The molecule has 0 spiro atoms. The number of furan rings is 1. The fourth-order valence-corrected chi connectivity index (χ4v) is 5.02. The van der Waals surface area contributed by atoms with Crippen molar-refractivity contribution >= 4 is 49.5 Å². The Balaban J connectivity index is 1.50. The summed E-state index contributed by atoms with van der Waals surface area (Å²) in [7, 11) is 0. The van der Waals surface area contributed by atoms with Crippen LogP contribution < -0.4 is 0 Å². The second kappa shape index (κ2) is 8.25. The average molecular weight is 528 g/mol. The smallest absolute Gasteiger partial charge is 0.290 e. The van der Waals surface area contributed by atoms with Gasteiger partial charge in [0.05, 0.1) is 11.6 Å². The van der Waals surface area contributed by atoms with Crippen LogP contribution in [0.2, 0.25) is 0 Å². The van der Waals surface area contributed by atoms with Gasteiger partial charge in [0.1, 0.15) is 5.58 Å². The van der Waals surface area contributed by atoms with Crippen LogP contribution in [0.5, 0.6) is 0 Å². The molecule has 8 heteroatoms. The summed E-state index contributed by atoms with van der Waals surface area (Å²) in [6.45, 7) is 0.171. The van der Waals surface area contributed by atoms with Gasteiger partial charge >= 0.3 is 0 Å². The Labute approximate surface area is 207 Å². The Morgan fingerprint density at radius 1 is 1.14 bits per heavy atom. The van der Waals surface area contributed by atoms with Gasteiger partial charge in [-0.3, -0.25) is 14.6 Å². The summed E-state index contributed by atoms with van der Waals surface area (Å²) in [5, 5.41) is 12.6. The minimum absolute atomic E-state index is 0.0123. The zero-order valence-corrected chi connectivity index (χ0v) is 19.8. The fourth-order valence-electron chi connectivity index (χ4n) is 4.64. The lowest BCUT2D eigenvalue weighted by Gasteiger charge is -2.26. The van der Waals surface area contributed by atoms with E-state index in [1.807, 2.05) is 42.5 Å². The zero-order valence-electron chi connectivity index (χ0n) is 18.2. The number of amides is 1. The zero-order chi connectivity index (χ0) is 24.1. The Morgan fingerprint density at radius 2 is 2.00 bits per heavy atom. The molecule has 1 aliphatic heterocycles. The van der Waals surface area contributed by atoms with Gasteiger partial charge in [0.25, 0.3) is 5.91 Å². The lowest BCUT2D eigenvalue weighted by molar-refractivity contribution is -0.130. The van der Waals surface area contributed by atoms with Crippen LogP contribution in [0.15, 0.2) is 99.5 Å². The summed E-state index contributed by atoms with van der Waals surface area (Å²) in [5.41, 5.74) is 2.88. The molecule has 6 rings (SSSR count). The highest BCUT2D eigenvalue weighted by molar-refractivity contribution is 9.10. The number of aliphatic hydroxyl groups is 1. The number of pyridine rings is 1. The van der Waals surface area contributed by atoms with Crippen molar-refractivity contribution in [2.45, 2.75) is 12.6 Å². The van der Waals surface area contributed by atoms with E-state index < -0.39 is 23.5 Å². The molecule has 0 saturated carbocycles. The number of carbonyl (C=O) groups excluding carboxylic acids is 2. The second-order valence-corrected chi connectivity index (χ2v) is 9.29. The number of nitrogens with one attached hydrogen (secondary N) is 1. The summed E-state index contributed by atoms with van der Waals surface area (Å²) >= 11 is 3.42. The standard InChI is InChI=1S/C27H18BrN3O4/c28-17-7-8-21-16(10-17)11-22(35-21)25(32)23-24(19-13-30-20-6-2-1-5-18(19)20)31(27(34)26(23)33)14-15-4-3-9-29-12-15/h1-13,24,30,33H,14H2. The van der Waals surface area contributed by atoms with Gasteiger partial charge in [0.2, 0.25) is 5.78 Å². The summed E-state index contributed by atoms with van der Waals surface area (Å²) < 4.78 is 6.67. The molecule has 2 aromatic carbocycles. The number of aromatic amines is 1.